The molecule has 0 aromatic carbocycles. The number of ether oxygens (including phenoxy) is 1. The molecule has 0 radical (unpaired) electrons. The van der Waals surface area contributed by atoms with Crippen molar-refractivity contribution in [2.24, 2.45) is 17.1 Å². The van der Waals surface area contributed by atoms with Gasteiger partial charge in [-0.3, -0.25) is 0 Å². The minimum absolute atomic E-state index is 0.163. The fraction of sp³-hybridized carbons (Fsp3) is 1.00. The molecule has 1 heterocycles. The molecule has 3 nitrogen and oxygen atoms in total. The van der Waals surface area contributed by atoms with Crippen LogP contribution < -0.4 is 5.73 Å². The van der Waals surface area contributed by atoms with Gasteiger partial charge in [-0.1, -0.05) is 20.8 Å². The van der Waals surface area contributed by atoms with Crippen molar-refractivity contribution in [1.82, 2.24) is 4.90 Å². The van der Waals surface area contributed by atoms with Crippen LogP contribution >= 0.6 is 0 Å². The molecule has 0 aromatic rings. The van der Waals surface area contributed by atoms with E-state index in [4.69, 9.17) is 10.5 Å². The monoisotopic (exact) mass is 228 g/mol. The molecule has 1 rings (SSSR count). The van der Waals surface area contributed by atoms with Gasteiger partial charge < -0.3 is 15.4 Å². The van der Waals surface area contributed by atoms with Gasteiger partial charge >= 0.3 is 0 Å². The van der Waals surface area contributed by atoms with Crippen molar-refractivity contribution >= 4 is 0 Å². The van der Waals surface area contributed by atoms with Gasteiger partial charge in [-0.15, -0.1) is 0 Å². The summed E-state index contributed by atoms with van der Waals surface area (Å²) in [6.45, 7) is 11.1. The number of piperidine rings is 1. The third kappa shape index (κ3) is 4.40. The first-order chi connectivity index (χ1) is 7.43. The van der Waals surface area contributed by atoms with Crippen molar-refractivity contribution in [3.63, 3.8) is 0 Å². The molecule has 0 spiro atoms. The zero-order valence-electron chi connectivity index (χ0n) is 11.3. The normalized spacial score (nSPS) is 22.3. The highest BCUT2D eigenvalue weighted by atomic mass is 16.5. The Morgan fingerprint density at radius 1 is 1.31 bits per heavy atom. The highest BCUT2D eigenvalue weighted by molar-refractivity contribution is 4.81. The fourth-order valence-corrected chi connectivity index (χ4v) is 2.58. The molecule has 0 saturated carbocycles. The van der Waals surface area contributed by atoms with E-state index in [1.807, 2.05) is 0 Å². The quantitative estimate of drug-likeness (QED) is 0.796. The lowest BCUT2D eigenvalue weighted by Gasteiger charge is -2.39. The summed E-state index contributed by atoms with van der Waals surface area (Å²) >= 11 is 0. The number of nitrogens with two attached hydrogens (primary N) is 1. The van der Waals surface area contributed by atoms with Crippen LogP contribution in [0.1, 0.15) is 33.6 Å². The molecule has 1 aliphatic rings. The van der Waals surface area contributed by atoms with Crippen LogP contribution in [0, 0.1) is 11.3 Å². The van der Waals surface area contributed by atoms with Crippen molar-refractivity contribution in [2.45, 2.75) is 39.7 Å². The van der Waals surface area contributed by atoms with Crippen LogP contribution in [-0.2, 0) is 4.74 Å². The highest BCUT2D eigenvalue weighted by Crippen LogP contribution is 2.34. The molecule has 96 valence electrons. The maximum absolute atomic E-state index is 5.97. The first-order valence-electron chi connectivity index (χ1n) is 6.40. The van der Waals surface area contributed by atoms with E-state index in [9.17, 15) is 0 Å². The van der Waals surface area contributed by atoms with Crippen LogP contribution in [0.3, 0.4) is 0 Å². The third-order valence-corrected chi connectivity index (χ3v) is 3.69. The van der Waals surface area contributed by atoms with Gasteiger partial charge in [0.15, 0.2) is 0 Å². The summed E-state index contributed by atoms with van der Waals surface area (Å²) in [7, 11) is 1.71. The van der Waals surface area contributed by atoms with E-state index in [0.29, 0.717) is 12.0 Å². The van der Waals surface area contributed by atoms with Gasteiger partial charge in [-0.25, -0.2) is 0 Å². The number of methoxy groups -OCH3 is 1. The lowest BCUT2D eigenvalue weighted by Crippen LogP contribution is -2.45. The van der Waals surface area contributed by atoms with Crippen LogP contribution in [0.4, 0.5) is 0 Å². The van der Waals surface area contributed by atoms with Gasteiger partial charge in [0.1, 0.15) is 0 Å². The minimum Gasteiger partial charge on any atom is -0.383 e. The minimum atomic E-state index is 0.163. The third-order valence-electron chi connectivity index (χ3n) is 3.69. The molecular formula is C13H28N2O. The van der Waals surface area contributed by atoms with Crippen molar-refractivity contribution in [2.75, 3.05) is 33.4 Å². The lowest BCUT2D eigenvalue weighted by atomic mass is 9.75. The molecule has 1 atom stereocenters. The van der Waals surface area contributed by atoms with E-state index in [-0.39, 0.29) is 6.04 Å². The predicted octanol–water partition coefficient (Wildman–Crippen LogP) is 1.72. The molecule has 1 saturated heterocycles. The molecule has 1 aliphatic heterocycles. The number of likely N-dealkylation sites (tertiary alicyclic amines) is 1. The Balaban J connectivity index is 2.27. The largest absolute Gasteiger partial charge is 0.383 e. The Bertz CT molecular complexity index is 193. The molecule has 3 heteroatoms. The highest BCUT2D eigenvalue weighted by Gasteiger charge is 2.28. The fourth-order valence-electron chi connectivity index (χ4n) is 2.58. The summed E-state index contributed by atoms with van der Waals surface area (Å²) in [5, 5.41) is 0. The van der Waals surface area contributed by atoms with Crippen LogP contribution in [0.2, 0.25) is 0 Å². The Hall–Kier alpha value is -0.120. The molecule has 2 N–H and O–H groups in total. The number of nitrogens with zero attached hydrogens (tertiary/aromatic N) is 1. The van der Waals surface area contributed by atoms with Gasteiger partial charge in [-0.05, 0) is 37.3 Å². The summed E-state index contributed by atoms with van der Waals surface area (Å²) in [5.41, 5.74) is 6.43. The van der Waals surface area contributed by atoms with Crippen molar-refractivity contribution in [3.8, 4) is 0 Å². The maximum atomic E-state index is 5.97. The molecule has 0 aliphatic carbocycles. The topological polar surface area (TPSA) is 38.5 Å². The zero-order chi connectivity index (χ0) is 12.2. The molecule has 0 amide bonds. The van der Waals surface area contributed by atoms with Crippen molar-refractivity contribution in [3.05, 3.63) is 0 Å². The average molecular weight is 228 g/mol. The first kappa shape index (κ1) is 13.9. The summed E-state index contributed by atoms with van der Waals surface area (Å²) < 4.78 is 5.07. The molecule has 16 heavy (non-hydrogen) atoms. The summed E-state index contributed by atoms with van der Waals surface area (Å²) in [6, 6.07) is 0.163. The van der Waals surface area contributed by atoms with Gasteiger partial charge in [0.05, 0.1) is 6.61 Å². The first-order valence-corrected chi connectivity index (χ1v) is 6.40. The average Bonchev–Trinajstić information content (AvgIpc) is 2.17. The summed E-state index contributed by atoms with van der Waals surface area (Å²) in [5.74, 6) is 0.863. The Kier molecular flexibility index (Phi) is 5.22. The molecule has 1 fully saturated rings. The molecule has 0 aromatic heterocycles. The van der Waals surface area contributed by atoms with E-state index in [1.165, 1.54) is 25.9 Å². The Labute approximate surface area is 100 Å². The van der Waals surface area contributed by atoms with E-state index in [2.05, 4.69) is 25.7 Å². The zero-order valence-corrected chi connectivity index (χ0v) is 11.3. The second-order valence-corrected chi connectivity index (χ2v) is 6.16. The Morgan fingerprint density at radius 3 is 2.31 bits per heavy atom. The van der Waals surface area contributed by atoms with E-state index < -0.39 is 0 Å². The van der Waals surface area contributed by atoms with Gasteiger partial charge in [0.25, 0.3) is 0 Å². The van der Waals surface area contributed by atoms with Crippen LogP contribution in [0.25, 0.3) is 0 Å². The SMILES string of the molecule is COCC(N)CN1CCC(C(C)(C)C)CC1. The van der Waals surface area contributed by atoms with Crippen LogP contribution in [0.15, 0.2) is 0 Å². The Morgan fingerprint density at radius 2 is 1.88 bits per heavy atom. The van der Waals surface area contributed by atoms with Gasteiger partial charge in [0, 0.05) is 19.7 Å². The van der Waals surface area contributed by atoms with Gasteiger partial charge in [-0.2, -0.15) is 0 Å². The predicted molar refractivity (Wildman–Crippen MR) is 68.5 cm³/mol. The molecule has 0 bridgehead atoms. The van der Waals surface area contributed by atoms with Crippen LogP contribution in [-0.4, -0.2) is 44.3 Å². The standard InChI is InChI=1S/C13H28N2O/c1-13(2,3)11-5-7-15(8-6-11)9-12(14)10-16-4/h11-12H,5-10,14H2,1-4H3. The molecule has 1 unspecified atom stereocenters. The van der Waals surface area contributed by atoms with Crippen LogP contribution in [0.5, 0.6) is 0 Å². The van der Waals surface area contributed by atoms with E-state index in [0.717, 1.165) is 12.5 Å². The maximum Gasteiger partial charge on any atom is 0.0626 e. The summed E-state index contributed by atoms with van der Waals surface area (Å²) in [6.07, 6.45) is 2.62. The summed E-state index contributed by atoms with van der Waals surface area (Å²) in [4.78, 5) is 2.48. The number of hydrogen-bond acceptors (Lipinski definition) is 3. The van der Waals surface area contributed by atoms with Crippen molar-refractivity contribution in [1.29, 1.82) is 0 Å². The van der Waals surface area contributed by atoms with E-state index >= 15 is 0 Å². The van der Waals surface area contributed by atoms with Gasteiger partial charge in [0.2, 0.25) is 0 Å². The lowest BCUT2D eigenvalue weighted by molar-refractivity contribution is 0.0947. The molecular weight excluding hydrogens is 200 g/mol. The smallest absolute Gasteiger partial charge is 0.0626 e. The van der Waals surface area contributed by atoms with Crippen molar-refractivity contribution < 1.29 is 4.74 Å². The number of rotatable bonds is 4. The van der Waals surface area contributed by atoms with E-state index in [1.54, 1.807) is 7.11 Å². The second kappa shape index (κ2) is 5.99. The second-order valence-electron chi connectivity index (χ2n) is 6.16. The number of hydrogen-bond donors (Lipinski definition) is 1.